The summed E-state index contributed by atoms with van der Waals surface area (Å²) in [6.07, 6.45) is -0.388. The van der Waals surface area contributed by atoms with Gasteiger partial charge in [0, 0.05) is 7.11 Å². The molecule has 1 N–H and O–H groups in total. The molecule has 0 amide bonds. The fourth-order valence-electron chi connectivity index (χ4n) is 0.839. The number of cyclic esters (lactones) is 2. The quantitative estimate of drug-likeness (QED) is 0.367. The zero-order chi connectivity index (χ0) is 9.35. The highest BCUT2D eigenvalue weighted by Gasteiger charge is 2.46. The van der Waals surface area contributed by atoms with E-state index in [1.807, 2.05) is 0 Å². The molecule has 1 saturated heterocycles. The Labute approximate surface area is 68.0 Å². The third kappa shape index (κ3) is 1.55. The van der Waals surface area contributed by atoms with Gasteiger partial charge in [0.05, 0.1) is 6.42 Å². The molecule has 0 aromatic rings. The lowest BCUT2D eigenvalue weighted by atomic mass is 10.4. The average molecular weight is 194 g/mol. The van der Waals surface area contributed by atoms with Crippen LogP contribution < -0.4 is 0 Å². The van der Waals surface area contributed by atoms with Gasteiger partial charge in [-0.3, -0.25) is 14.2 Å². The molecule has 1 fully saturated rings. The molecule has 1 aliphatic heterocycles. The third-order valence-electron chi connectivity index (χ3n) is 1.50. The van der Waals surface area contributed by atoms with Crippen LogP contribution in [0.4, 0.5) is 0 Å². The molecule has 68 valence electrons. The lowest BCUT2D eigenvalue weighted by Crippen LogP contribution is -2.15. The second kappa shape index (κ2) is 2.97. The standard InChI is InChI=1S/C5H7O6P/c1-10-12(8,9)3-2-4(6)11-5(3)7/h3H,2H2,1H3,(H,8,9). The van der Waals surface area contributed by atoms with E-state index in [4.69, 9.17) is 4.89 Å². The van der Waals surface area contributed by atoms with E-state index in [0.29, 0.717) is 0 Å². The Morgan fingerprint density at radius 3 is 2.58 bits per heavy atom. The van der Waals surface area contributed by atoms with E-state index in [2.05, 4.69) is 9.26 Å². The van der Waals surface area contributed by atoms with Gasteiger partial charge in [-0.1, -0.05) is 0 Å². The van der Waals surface area contributed by atoms with Crippen molar-refractivity contribution in [3.63, 3.8) is 0 Å². The summed E-state index contributed by atoms with van der Waals surface area (Å²) in [4.78, 5) is 30.2. The molecule has 2 unspecified atom stereocenters. The topological polar surface area (TPSA) is 89.9 Å². The van der Waals surface area contributed by atoms with Crippen molar-refractivity contribution in [2.45, 2.75) is 12.1 Å². The summed E-state index contributed by atoms with van der Waals surface area (Å²) in [6.45, 7) is 0. The van der Waals surface area contributed by atoms with Crippen LogP contribution >= 0.6 is 7.60 Å². The van der Waals surface area contributed by atoms with Gasteiger partial charge in [-0.15, -0.1) is 0 Å². The fraction of sp³-hybridized carbons (Fsp3) is 0.600. The van der Waals surface area contributed by atoms with Crippen LogP contribution in [0.5, 0.6) is 0 Å². The lowest BCUT2D eigenvalue weighted by Gasteiger charge is -2.10. The molecule has 0 aromatic carbocycles. The molecule has 0 aromatic heterocycles. The Morgan fingerprint density at radius 1 is 1.67 bits per heavy atom. The highest BCUT2D eigenvalue weighted by molar-refractivity contribution is 7.54. The number of carbonyl (C=O) groups is 2. The van der Waals surface area contributed by atoms with E-state index in [1.165, 1.54) is 0 Å². The SMILES string of the molecule is COP(=O)(O)C1CC(=O)OC1=O. The first-order valence-corrected chi connectivity index (χ1v) is 4.75. The molecule has 0 bridgehead atoms. The first-order chi connectivity index (χ1) is 5.47. The Kier molecular flexibility index (Phi) is 2.32. The monoisotopic (exact) mass is 194 g/mol. The average Bonchev–Trinajstić information content (AvgIpc) is 2.31. The number of hydrogen-bond acceptors (Lipinski definition) is 5. The minimum atomic E-state index is -4.01. The van der Waals surface area contributed by atoms with Crippen molar-refractivity contribution in [3.05, 3.63) is 0 Å². The molecular weight excluding hydrogens is 187 g/mol. The number of carbonyl (C=O) groups excluding carboxylic acids is 2. The van der Waals surface area contributed by atoms with Gasteiger partial charge in [0.2, 0.25) is 0 Å². The molecule has 12 heavy (non-hydrogen) atoms. The highest BCUT2D eigenvalue weighted by atomic mass is 31.2. The maximum absolute atomic E-state index is 11.0. The molecule has 1 heterocycles. The van der Waals surface area contributed by atoms with E-state index < -0.39 is 25.2 Å². The van der Waals surface area contributed by atoms with Crippen LogP contribution in [0.3, 0.4) is 0 Å². The van der Waals surface area contributed by atoms with Crippen molar-refractivity contribution in [2.24, 2.45) is 0 Å². The predicted molar refractivity (Wildman–Crippen MR) is 36.3 cm³/mol. The van der Waals surface area contributed by atoms with Crippen LogP contribution in [-0.2, 0) is 23.4 Å². The van der Waals surface area contributed by atoms with Gasteiger partial charge in [-0.2, -0.15) is 0 Å². The first-order valence-electron chi connectivity index (χ1n) is 3.10. The second-order valence-corrected chi connectivity index (χ2v) is 4.38. The highest BCUT2D eigenvalue weighted by Crippen LogP contribution is 2.50. The van der Waals surface area contributed by atoms with Crippen molar-refractivity contribution >= 4 is 19.5 Å². The largest absolute Gasteiger partial charge is 0.392 e. The molecule has 0 saturated carbocycles. The number of hydrogen-bond donors (Lipinski definition) is 1. The van der Waals surface area contributed by atoms with Crippen LogP contribution in [0.15, 0.2) is 0 Å². The molecule has 6 nitrogen and oxygen atoms in total. The summed E-state index contributed by atoms with van der Waals surface area (Å²) >= 11 is 0. The van der Waals surface area contributed by atoms with Crippen LogP contribution in [-0.4, -0.2) is 29.6 Å². The van der Waals surface area contributed by atoms with E-state index >= 15 is 0 Å². The zero-order valence-electron chi connectivity index (χ0n) is 6.22. The van der Waals surface area contributed by atoms with Gasteiger partial charge in [0.25, 0.3) is 0 Å². The van der Waals surface area contributed by atoms with Crippen molar-refractivity contribution < 1.29 is 28.3 Å². The molecular formula is C5H7O6P. The molecule has 7 heteroatoms. The van der Waals surface area contributed by atoms with Crippen molar-refractivity contribution in [2.75, 3.05) is 7.11 Å². The minimum Gasteiger partial charge on any atom is -0.392 e. The molecule has 0 radical (unpaired) electrons. The normalized spacial score (nSPS) is 28.3. The van der Waals surface area contributed by atoms with Gasteiger partial charge in [0.15, 0.2) is 5.66 Å². The van der Waals surface area contributed by atoms with Gasteiger partial charge >= 0.3 is 19.5 Å². The van der Waals surface area contributed by atoms with Crippen molar-refractivity contribution in [3.8, 4) is 0 Å². The fourth-order valence-corrected chi connectivity index (χ4v) is 1.79. The lowest BCUT2D eigenvalue weighted by molar-refractivity contribution is -0.151. The zero-order valence-corrected chi connectivity index (χ0v) is 7.11. The summed E-state index contributed by atoms with van der Waals surface area (Å²) in [7, 11) is -3.01. The first kappa shape index (κ1) is 9.38. The van der Waals surface area contributed by atoms with Gasteiger partial charge in [0.1, 0.15) is 0 Å². The molecule has 1 rings (SSSR count). The van der Waals surface area contributed by atoms with Crippen LogP contribution in [0.1, 0.15) is 6.42 Å². The van der Waals surface area contributed by atoms with E-state index in [1.54, 1.807) is 0 Å². The summed E-state index contributed by atoms with van der Waals surface area (Å²) in [5, 5.41) is 0. The predicted octanol–water partition coefficient (Wildman–Crippen LogP) is -0.340. The molecule has 1 aliphatic rings. The summed E-state index contributed by atoms with van der Waals surface area (Å²) in [5.74, 6) is -1.79. The Morgan fingerprint density at radius 2 is 2.25 bits per heavy atom. The number of esters is 2. The van der Waals surface area contributed by atoms with Crippen LogP contribution in [0.25, 0.3) is 0 Å². The maximum atomic E-state index is 11.0. The van der Waals surface area contributed by atoms with Crippen molar-refractivity contribution in [1.82, 2.24) is 0 Å². The van der Waals surface area contributed by atoms with E-state index in [-0.39, 0.29) is 6.42 Å². The Hall–Kier alpha value is -0.710. The summed E-state index contributed by atoms with van der Waals surface area (Å²) in [5.41, 5.74) is -1.35. The molecule has 0 aliphatic carbocycles. The number of rotatable bonds is 2. The van der Waals surface area contributed by atoms with Gasteiger partial charge in [-0.25, -0.2) is 0 Å². The molecule has 0 spiro atoms. The van der Waals surface area contributed by atoms with Crippen molar-refractivity contribution in [1.29, 1.82) is 0 Å². The molecule has 2 atom stereocenters. The van der Waals surface area contributed by atoms with Crippen LogP contribution in [0.2, 0.25) is 0 Å². The van der Waals surface area contributed by atoms with Gasteiger partial charge in [-0.05, 0) is 0 Å². The summed E-state index contributed by atoms with van der Waals surface area (Å²) in [6, 6.07) is 0. The minimum absolute atomic E-state index is 0.388. The van der Waals surface area contributed by atoms with E-state index in [0.717, 1.165) is 7.11 Å². The third-order valence-corrected chi connectivity index (χ3v) is 3.21. The van der Waals surface area contributed by atoms with E-state index in [9.17, 15) is 14.2 Å². The Bertz CT molecular complexity index is 271. The Balaban J connectivity index is 2.84. The maximum Gasteiger partial charge on any atom is 0.342 e. The smallest absolute Gasteiger partial charge is 0.342 e. The van der Waals surface area contributed by atoms with Crippen LogP contribution in [0, 0.1) is 0 Å². The summed E-state index contributed by atoms with van der Waals surface area (Å²) < 4.78 is 19.3. The number of ether oxygens (including phenoxy) is 1. The second-order valence-electron chi connectivity index (χ2n) is 2.26. The van der Waals surface area contributed by atoms with Gasteiger partial charge < -0.3 is 14.2 Å².